The molecular formula is C32H16N2. The Kier molecular flexibility index (Phi) is 5.50. The number of aromatic nitrogens is 2. The molecule has 0 atom stereocenters. The van der Waals surface area contributed by atoms with Crippen LogP contribution in [-0.2, 0) is 0 Å². The highest BCUT2D eigenvalue weighted by molar-refractivity contribution is 6.03. The van der Waals surface area contributed by atoms with Gasteiger partial charge in [-0.15, -0.1) is 12.8 Å². The van der Waals surface area contributed by atoms with Gasteiger partial charge >= 0.3 is 0 Å². The van der Waals surface area contributed by atoms with Crippen molar-refractivity contribution < 1.29 is 0 Å². The Morgan fingerprint density at radius 1 is 0.441 bits per heavy atom. The number of fused-ring (bicyclic) bond motifs is 3. The van der Waals surface area contributed by atoms with E-state index in [1.54, 1.807) is 12.4 Å². The van der Waals surface area contributed by atoms with Gasteiger partial charge in [0.1, 0.15) is 0 Å². The molecule has 2 nitrogen and oxygen atoms in total. The second kappa shape index (κ2) is 9.07. The van der Waals surface area contributed by atoms with Gasteiger partial charge in [-0.1, -0.05) is 47.7 Å². The molecule has 0 fully saturated rings. The van der Waals surface area contributed by atoms with Crippen molar-refractivity contribution >= 4 is 21.8 Å². The van der Waals surface area contributed by atoms with Crippen molar-refractivity contribution in [3.8, 4) is 48.4 Å². The number of benzene rings is 3. The van der Waals surface area contributed by atoms with E-state index in [2.05, 4.69) is 45.5 Å². The molecule has 0 unspecified atom stereocenters. The molecular weight excluding hydrogens is 412 g/mol. The van der Waals surface area contributed by atoms with Crippen molar-refractivity contribution in [3.05, 3.63) is 119 Å². The van der Waals surface area contributed by atoms with Crippen molar-refractivity contribution in [1.29, 1.82) is 0 Å². The molecule has 0 saturated heterocycles. The monoisotopic (exact) mass is 428 g/mol. The van der Waals surface area contributed by atoms with Gasteiger partial charge in [0.2, 0.25) is 0 Å². The summed E-state index contributed by atoms with van der Waals surface area (Å²) in [5, 5.41) is 1.98. The molecule has 3 aromatic carbocycles. The summed E-state index contributed by atoms with van der Waals surface area (Å²) in [6.07, 6.45) is 14.4. The van der Waals surface area contributed by atoms with E-state index in [-0.39, 0.29) is 0 Å². The molecule has 0 spiro atoms. The number of rotatable bonds is 0. The first-order valence-electron chi connectivity index (χ1n) is 10.6. The first-order valence-corrected chi connectivity index (χ1v) is 10.6. The Labute approximate surface area is 198 Å². The van der Waals surface area contributed by atoms with E-state index in [1.807, 2.05) is 72.8 Å². The first kappa shape index (κ1) is 20.6. The number of hydrogen-bond acceptors (Lipinski definition) is 2. The topological polar surface area (TPSA) is 25.8 Å². The third-order valence-corrected chi connectivity index (χ3v) is 5.31. The van der Waals surface area contributed by atoms with Crippen molar-refractivity contribution in [2.45, 2.75) is 0 Å². The smallest absolute Gasteiger partial charge is 0.0965 e. The van der Waals surface area contributed by atoms with Gasteiger partial charge in [0, 0.05) is 56.5 Å². The number of nitrogens with zero attached hydrogens (tertiary/aromatic N) is 2. The summed E-state index contributed by atoms with van der Waals surface area (Å²) in [5.41, 5.74) is 6.84. The molecule has 5 aromatic rings. The predicted molar refractivity (Wildman–Crippen MR) is 138 cm³/mol. The Bertz CT molecular complexity index is 1620. The fraction of sp³-hybridized carbons (Fsp3) is 0. The van der Waals surface area contributed by atoms with Crippen LogP contribution in [0, 0.1) is 48.4 Å². The summed E-state index contributed by atoms with van der Waals surface area (Å²) < 4.78 is 0. The average molecular weight is 428 g/mol. The SMILES string of the molecule is C#Cc1ccc(C#Cc2cnc3c(ccc4cc(C#Cc5ccc(C#C)cc5)cnc43)c2)cc1. The second-order valence-electron chi connectivity index (χ2n) is 7.60. The van der Waals surface area contributed by atoms with E-state index in [1.165, 1.54) is 0 Å². The molecule has 2 heteroatoms. The Morgan fingerprint density at radius 2 is 0.794 bits per heavy atom. The molecule has 0 radical (unpaired) electrons. The van der Waals surface area contributed by atoms with Crippen LogP contribution < -0.4 is 0 Å². The lowest BCUT2D eigenvalue weighted by Crippen LogP contribution is -1.88. The Morgan fingerprint density at radius 3 is 1.18 bits per heavy atom. The maximum atomic E-state index is 5.40. The fourth-order valence-electron chi connectivity index (χ4n) is 3.52. The molecule has 2 aromatic heterocycles. The van der Waals surface area contributed by atoms with Gasteiger partial charge in [0.05, 0.1) is 11.0 Å². The number of hydrogen-bond donors (Lipinski definition) is 0. The molecule has 0 N–H and O–H groups in total. The van der Waals surface area contributed by atoms with E-state index in [4.69, 9.17) is 12.8 Å². The molecule has 0 aliphatic rings. The van der Waals surface area contributed by atoms with Crippen LogP contribution in [0.1, 0.15) is 33.4 Å². The lowest BCUT2D eigenvalue weighted by atomic mass is 10.1. The molecule has 0 saturated carbocycles. The maximum Gasteiger partial charge on any atom is 0.0965 e. The van der Waals surface area contributed by atoms with Crippen LogP contribution in [0.2, 0.25) is 0 Å². The fourth-order valence-corrected chi connectivity index (χ4v) is 3.52. The van der Waals surface area contributed by atoms with Gasteiger partial charge in [0.15, 0.2) is 0 Å². The van der Waals surface area contributed by atoms with Crippen LogP contribution in [0.15, 0.2) is 85.2 Å². The predicted octanol–water partition coefficient (Wildman–Crippen LogP) is 5.55. The van der Waals surface area contributed by atoms with E-state index in [0.717, 1.165) is 55.2 Å². The summed E-state index contributed by atoms with van der Waals surface area (Å²) in [7, 11) is 0. The third-order valence-electron chi connectivity index (χ3n) is 5.31. The zero-order valence-electron chi connectivity index (χ0n) is 18.1. The Hall–Kier alpha value is -5.28. The van der Waals surface area contributed by atoms with Gasteiger partial charge in [-0.2, -0.15) is 0 Å². The van der Waals surface area contributed by atoms with Gasteiger partial charge < -0.3 is 0 Å². The van der Waals surface area contributed by atoms with Crippen LogP contribution >= 0.6 is 0 Å². The van der Waals surface area contributed by atoms with Crippen LogP contribution in [0.3, 0.4) is 0 Å². The molecule has 0 amide bonds. The summed E-state index contributed by atoms with van der Waals surface area (Å²) in [6, 6.07) is 23.3. The first-order chi connectivity index (χ1) is 16.7. The minimum Gasteiger partial charge on any atom is -0.253 e. The quantitative estimate of drug-likeness (QED) is 0.239. The Balaban J connectivity index is 1.43. The van der Waals surface area contributed by atoms with Crippen molar-refractivity contribution in [3.63, 3.8) is 0 Å². The van der Waals surface area contributed by atoms with Crippen LogP contribution in [0.5, 0.6) is 0 Å². The minimum absolute atomic E-state index is 0.838. The van der Waals surface area contributed by atoms with Crippen LogP contribution in [0.4, 0.5) is 0 Å². The van der Waals surface area contributed by atoms with Crippen LogP contribution in [-0.4, -0.2) is 9.97 Å². The molecule has 34 heavy (non-hydrogen) atoms. The summed E-state index contributed by atoms with van der Waals surface area (Å²) in [4.78, 5) is 9.29. The second-order valence-corrected chi connectivity index (χ2v) is 7.60. The summed E-state index contributed by atoms with van der Waals surface area (Å²) in [6.45, 7) is 0. The standard InChI is InChI=1S/C32H16N2/c1-3-23-5-9-25(10-6-23)13-15-27-19-29-17-18-30-20-28(22-34-32(30)31(29)33-21-27)16-14-26-11-7-24(4-2)8-12-26/h1-2,5-12,17-22H. The molecule has 0 aliphatic heterocycles. The lowest BCUT2D eigenvalue weighted by Gasteiger charge is -2.03. The molecule has 0 bridgehead atoms. The summed E-state index contributed by atoms with van der Waals surface area (Å²) >= 11 is 0. The number of pyridine rings is 2. The maximum absolute atomic E-state index is 5.40. The zero-order chi connectivity index (χ0) is 23.3. The highest BCUT2D eigenvalue weighted by Gasteiger charge is 2.05. The van der Waals surface area contributed by atoms with Crippen molar-refractivity contribution in [2.75, 3.05) is 0 Å². The number of terminal acetylenes is 2. The average Bonchev–Trinajstić information content (AvgIpc) is 2.91. The molecule has 154 valence electrons. The summed E-state index contributed by atoms with van der Waals surface area (Å²) in [5.74, 6) is 17.9. The molecule has 0 aliphatic carbocycles. The van der Waals surface area contributed by atoms with Gasteiger partial charge in [0.25, 0.3) is 0 Å². The highest BCUT2D eigenvalue weighted by atomic mass is 14.7. The van der Waals surface area contributed by atoms with E-state index >= 15 is 0 Å². The van der Waals surface area contributed by atoms with Gasteiger partial charge in [-0.3, -0.25) is 9.97 Å². The largest absolute Gasteiger partial charge is 0.253 e. The lowest BCUT2D eigenvalue weighted by molar-refractivity contribution is 1.36. The highest BCUT2D eigenvalue weighted by Crippen LogP contribution is 2.23. The van der Waals surface area contributed by atoms with E-state index in [0.29, 0.717) is 0 Å². The van der Waals surface area contributed by atoms with Gasteiger partial charge in [-0.05, 0) is 60.7 Å². The van der Waals surface area contributed by atoms with Crippen LogP contribution in [0.25, 0.3) is 21.8 Å². The van der Waals surface area contributed by atoms with E-state index < -0.39 is 0 Å². The minimum atomic E-state index is 0.838. The van der Waals surface area contributed by atoms with Crippen molar-refractivity contribution in [1.82, 2.24) is 9.97 Å². The normalized spacial score (nSPS) is 9.82. The third kappa shape index (κ3) is 4.35. The van der Waals surface area contributed by atoms with E-state index in [9.17, 15) is 0 Å². The van der Waals surface area contributed by atoms with Gasteiger partial charge in [-0.25, -0.2) is 0 Å². The molecule has 5 rings (SSSR count). The zero-order valence-corrected chi connectivity index (χ0v) is 18.1. The molecule has 2 heterocycles. The van der Waals surface area contributed by atoms with Crippen molar-refractivity contribution in [2.24, 2.45) is 0 Å².